The molecule has 0 spiro atoms. The minimum Gasteiger partial charge on any atom is -0.371 e. The van der Waals surface area contributed by atoms with Gasteiger partial charge in [-0.3, -0.25) is 4.55 Å². The first-order valence-electron chi connectivity index (χ1n) is 5.50. The Morgan fingerprint density at radius 1 is 1.35 bits per heavy atom. The Kier molecular flexibility index (Phi) is 2.52. The average Bonchev–Trinajstić information content (AvgIpc) is 2.39. The molecule has 4 nitrogen and oxygen atoms in total. The number of hydrogen-bond donors (Lipinski definition) is 1. The molecule has 1 heterocycles. The van der Waals surface area contributed by atoms with Gasteiger partial charge in [0.05, 0.1) is 4.90 Å². The molecule has 1 aliphatic heterocycles. The highest BCUT2D eigenvalue weighted by molar-refractivity contribution is 7.85. The van der Waals surface area contributed by atoms with Crippen molar-refractivity contribution in [3.63, 3.8) is 0 Å². The van der Waals surface area contributed by atoms with Gasteiger partial charge in [-0.1, -0.05) is 13.8 Å². The third-order valence-electron chi connectivity index (χ3n) is 3.97. The lowest BCUT2D eigenvalue weighted by atomic mass is 9.81. The molecular weight excluding hydrogens is 238 g/mol. The first-order chi connectivity index (χ1) is 7.65. The number of fused-ring (bicyclic) bond motifs is 1. The van der Waals surface area contributed by atoms with Crippen molar-refractivity contribution in [2.45, 2.75) is 37.1 Å². The van der Waals surface area contributed by atoms with Crippen molar-refractivity contribution in [1.82, 2.24) is 0 Å². The Balaban J connectivity index is 2.67. The van der Waals surface area contributed by atoms with Gasteiger partial charge in [-0.15, -0.1) is 0 Å². The fourth-order valence-electron chi connectivity index (χ4n) is 2.42. The molecule has 1 N–H and O–H groups in total. The van der Waals surface area contributed by atoms with E-state index in [1.54, 1.807) is 12.1 Å². The van der Waals surface area contributed by atoms with Gasteiger partial charge in [0.25, 0.3) is 10.1 Å². The first-order valence-corrected chi connectivity index (χ1v) is 6.94. The van der Waals surface area contributed by atoms with Crippen molar-refractivity contribution in [2.75, 3.05) is 11.9 Å². The van der Waals surface area contributed by atoms with E-state index < -0.39 is 10.1 Å². The Morgan fingerprint density at radius 3 is 2.47 bits per heavy atom. The van der Waals surface area contributed by atoms with E-state index in [1.165, 1.54) is 6.07 Å². The summed E-state index contributed by atoms with van der Waals surface area (Å²) in [6, 6.07) is 5.06. The standard InChI is InChI=1S/C12H17NO3S/c1-8-12(2,3)10-7-9(17(14,15)16)5-6-11(10)13(8)4/h5-8H,1-4H3,(H,14,15,16). The van der Waals surface area contributed by atoms with E-state index in [2.05, 4.69) is 25.7 Å². The second-order valence-electron chi connectivity index (χ2n) is 5.16. The molecule has 0 radical (unpaired) electrons. The Labute approximate surface area is 102 Å². The molecule has 17 heavy (non-hydrogen) atoms. The van der Waals surface area contributed by atoms with Crippen molar-refractivity contribution in [3.8, 4) is 0 Å². The fourth-order valence-corrected chi connectivity index (χ4v) is 2.92. The number of likely N-dealkylation sites (N-methyl/N-ethyl adjacent to an activating group) is 1. The summed E-state index contributed by atoms with van der Waals surface area (Å²) in [6.07, 6.45) is 0. The highest BCUT2D eigenvalue weighted by Crippen LogP contribution is 2.44. The van der Waals surface area contributed by atoms with Crippen LogP contribution >= 0.6 is 0 Å². The zero-order valence-electron chi connectivity index (χ0n) is 10.4. The van der Waals surface area contributed by atoms with E-state index in [9.17, 15) is 8.42 Å². The molecule has 2 rings (SSSR count). The van der Waals surface area contributed by atoms with Gasteiger partial charge in [0.15, 0.2) is 0 Å². The van der Waals surface area contributed by atoms with E-state index >= 15 is 0 Å². The van der Waals surface area contributed by atoms with Crippen LogP contribution in [0, 0.1) is 0 Å². The molecule has 0 saturated carbocycles. The van der Waals surface area contributed by atoms with Gasteiger partial charge in [-0.25, -0.2) is 0 Å². The normalized spacial score (nSPS) is 22.6. The zero-order valence-corrected chi connectivity index (χ0v) is 11.2. The lowest BCUT2D eigenvalue weighted by Gasteiger charge is -2.28. The minimum atomic E-state index is -4.13. The molecular formula is C12H17NO3S. The third-order valence-corrected chi connectivity index (χ3v) is 4.82. The predicted octanol–water partition coefficient (Wildman–Crippen LogP) is 2.05. The van der Waals surface area contributed by atoms with Gasteiger partial charge in [-0.2, -0.15) is 8.42 Å². The lowest BCUT2D eigenvalue weighted by Crippen LogP contribution is -2.36. The van der Waals surface area contributed by atoms with Crippen LogP contribution in [0.1, 0.15) is 26.3 Å². The van der Waals surface area contributed by atoms with Crippen molar-refractivity contribution < 1.29 is 13.0 Å². The SMILES string of the molecule is CC1N(C)c2ccc(S(=O)(=O)O)cc2C1(C)C. The molecule has 0 aromatic heterocycles. The molecule has 0 saturated heterocycles. The minimum absolute atomic E-state index is 0.0353. The zero-order chi connectivity index (χ0) is 13.0. The van der Waals surface area contributed by atoms with E-state index in [4.69, 9.17) is 4.55 Å². The smallest absolute Gasteiger partial charge is 0.294 e. The highest BCUT2D eigenvalue weighted by Gasteiger charge is 2.40. The Bertz CT molecular complexity index is 563. The molecule has 1 aliphatic rings. The van der Waals surface area contributed by atoms with Gasteiger partial charge < -0.3 is 4.90 Å². The molecule has 1 unspecified atom stereocenters. The van der Waals surface area contributed by atoms with Crippen LogP contribution in [-0.4, -0.2) is 26.1 Å². The van der Waals surface area contributed by atoms with Crippen molar-refractivity contribution in [1.29, 1.82) is 0 Å². The Hall–Kier alpha value is -1.07. The van der Waals surface area contributed by atoms with Gasteiger partial charge >= 0.3 is 0 Å². The topological polar surface area (TPSA) is 57.6 Å². The molecule has 0 fully saturated rings. The molecule has 1 aromatic rings. The second kappa shape index (κ2) is 3.46. The van der Waals surface area contributed by atoms with Crippen LogP contribution < -0.4 is 4.90 Å². The van der Waals surface area contributed by atoms with E-state index in [0.29, 0.717) is 0 Å². The molecule has 5 heteroatoms. The van der Waals surface area contributed by atoms with Crippen LogP contribution in [0.2, 0.25) is 0 Å². The molecule has 0 aliphatic carbocycles. The second-order valence-corrected chi connectivity index (χ2v) is 6.58. The molecule has 1 aromatic carbocycles. The van der Waals surface area contributed by atoms with Gasteiger partial charge in [-0.05, 0) is 30.7 Å². The maximum atomic E-state index is 11.1. The number of hydrogen-bond acceptors (Lipinski definition) is 3. The third kappa shape index (κ3) is 1.73. The average molecular weight is 255 g/mol. The quantitative estimate of drug-likeness (QED) is 0.780. The summed E-state index contributed by atoms with van der Waals surface area (Å²) in [4.78, 5) is 2.09. The lowest BCUT2D eigenvalue weighted by molar-refractivity contribution is 0.453. The largest absolute Gasteiger partial charge is 0.371 e. The fraction of sp³-hybridized carbons (Fsp3) is 0.500. The molecule has 0 amide bonds. The van der Waals surface area contributed by atoms with E-state index in [0.717, 1.165) is 11.3 Å². The predicted molar refractivity (Wildman–Crippen MR) is 67.1 cm³/mol. The molecule has 94 valence electrons. The van der Waals surface area contributed by atoms with Crippen LogP contribution in [0.5, 0.6) is 0 Å². The van der Waals surface area contributed by atoms with Crippen LogP contribution in [0.4, 0.5) is 5.69 Å². The molecule has 1 atom stereocenters. The first kappa shape index (κ1) is 12.4. The summed E-state index contributed by atoms with van der Waals surface area (Å²) >= 11 is 0. The number of nitrogens with zero attached hydrogens (tertiary/aromatic N) is 1. The molecule has 0 bridgehead atoms. The number of benzene rings is 1. The van der Waals surface area contributed by atoms with Gasteiger partial charge in [0.2, 0.25) is 0 Å². The van der Waals surface area contributed by atoms with Crippen LogP contribution in [-0.2, 0) is 15.5 Å². The Morgan fingerprint density at radius 2 is 1.94 bits per heavy atom. The summed E-state index contributed by atoms with van der Waals surface area (Å²) in [7, 11) is -2.14. The highest BCUT2D eigenvalue weighted by atomic mass is 32.2. The van der Waals surface area contributed by atoms with Crippen LogP contribution in [0.15, 0.2) is 23.1 Å². The van der Waals surface area contributed by atoms with E-state index in [1.807, 2.05) is 7.05 Å². The summed E-state index contributed by atoms with van der Waals surface area (Å²) in [5.41, 5.74) is 1.85. The van der Waals surface area contributed by atoms with Crippen molar-refractivity contribution in [2.24, 2.45) is 0 Å². The van der Waals surface area contributed by atoms with Crippen LogP contribution in [0.3, 0.4) is 0 Å². The number of rotatable bonds is 1. The summed E-state index contributed by atoms with van der Waals surface area (Å²) in [5, 5.41) is 0. The summed E-state index contributed by atoms with van der Waals surface area (Å²) < 4.78 is 31.4. The van der Waals surface area contributed by atoms with Crippen molar-refractivity contribution >= 4 is 15.8 Å². The maximum absolute atomic E-state index is 11.1. The summed E-state index contributed by atoms with van der Waals surface area (Å²) in [6.45, 7) is 6.26. The van der Waals surface area contributed by atoms with E-state index in [-0.39, 0.29) is 16.4 Å². The monoisotopic (exact) mass is 255 g/mol. The summed E-state index contributed by atoms with van der Waals surface area (Å²) in [5.74, 6) is 0. The van der Waals surface area contributed by atoms with Gasteiger partial charge in [0, 0.05) is 24.2 Å². The van der Waals surface area contributed by atoms with Crippen LogP contribution in [0.25, 0.3) is 0 Å². The van der Waals surface area contributed by atoms with Gasteiger partial charge in [0.1, 0.15) is 0 Å². The van der Waals surface area contributed by atoms with Crippen molar-refractivity contribution in [3.05, 3.63) is 23.8 Å². The maximum Gasteiger partial charge on any atom is 0.294 e. The number of anilines is 1.